The van der Waals surface area contributed by atoms with Gasteiger partial charge in [-0.05, 0) is 25.5 Å². The maximum atomic E-state index is 12.5. The van der Waals surface area contributed by atoms with E-state index in [9.17, 15) is 18.0 Å². The third kappa shape index (κ3) is 3.26. The molecule has 3 rings (SSSR count). The van der Waals surface area contributed by atoms with Gasteiger partial charge in [-0.15, -0.1) is 0 Å². The molecule has 7 nitrogen and oxygen atoms in total. The second-order valence-electron chi connectivity index (χ2n) is 5.73. The highest BCUT2D eigenvalue weighted by Gasteiger charge is 2.29. The molecule has 1 amide bonds. The number of nitrogens with zero attached hydrogens (tertiary/aromatic N) is 2. The van der Waals surface area contributed by atoms with E-state index in [1.165, 1.54) is 4.57 Å². The first-order valence-corrected chi connectivity index (χ1v) is 9.14. The van der Waals surface area contributed by atoms with Crippen LogP contribution >= 0.6 is 0 Å². The first-order valence-electron chi connectivity index (χ1n) is 7.32. The lowest BCUT2D eigenvalue weighted by Crippen LogP contribution is -2.40. The second-order valence-corrected chi connectivity index (χ2v) is 7.96. The molecule has 1 aromatic heterocycles. The van der Waals surface area contributed by atoms with Crippen molar-refractivity contribution in [2.24, 2.45) is 0 Å². The lowest BCUT2D eigenvalue weighted by Gasteiger charge is -2.13. The van der Waals surface area contributed by atoms with Crippen LogP contribution in [0.3, 0.4) is 0 Å². The van der Waals surface area contributed by atoms with Crippen LogP contribution in [0.25, 0.3) is 10.9 Å². The largest absolute Gasteiger partial charge is 0.351 e. The van der Waals surface area contributed by atoms with Gasteiger partial charge in [0.1, 0.15) is 12.4 Å². The third-order valence-electron chi connectivity index (χ3n) is 3.95. The van der Waals surface area contributed by atoms with Crippen LogP contribution in [0.2, 0.25) is 0 Å². The van der Waals surface area contributed by atoms with E-state index in [2.05, 4.69) is 10.3 Å². The molecule has 0 saturated carbocycles. The Labute approximate surface area is 133 Å². The number of hydrogen-bond acceptors (Lipinski definition) is 5. The highest BCUT2D eigenvalue weighted by atomic mass is 32.2. The van der Waals surface area contributed by atoms with Crippen molar-refractivity contribution in [3.63, 3.8) is 0 Å². The van der Waals surface area contributed by atoms with Gasteiger partial charge >= 0.3 is 0 Å². The molecule has 1 N–H and O–H groups in total. The van der Waals surface area contributed by atoms with Crippen LogP contribution in [-0.4, -0.2) is 41.4 Å². The lowest BCUT2D eigenvalue weighted by atomic mass is 10.2. The molecule has 1 saturated heterocycles. The van der Waals surface area contributed by atoms with Crippen molar-refractivity contribution in [2.75, 3.05) is 11.5 Å². The smallest absolute Gasteiger partial charge is 0.261 e. The Bertz CT molecular complexity index is 933. The Kier molecular flexibility index (Phi) is 3.93. The number of sulfone groups is 1. The van der Waals surface area contributed by atoms with E-state index in [1.54, 1.807) is 31.2 Å². The maximum absolute atomic E-state index is 12.5. The molecule has 1 aromatic carbocycles. The molecule has 8 heteroatoms. The highest BCUT2D eigenvalue weighted by Crippen LogP contribution is 2.11. The number of aryl methyl sites for hydroxylation is 1. The average Bonchev–Trinajstić information content (AvgIpc) is 2.82. The summed E-state index contributed by atoms with van der Waals surface area (Å²) in [6.07, 6.45) is 0.415. The molecular formula is C15H17N3O4S. The molecule has 0 aliphatic carbocycles. The summed E-state index contributed by atoms with van der Waals surface area (Å²) in [4.78, 5) is 28.9. The van der Waals surface area contributed by atoms with E-state index >= 15 is 0 Å². The van der Waals surface area contributed by atoms with Gasteiger partial charge < -0.3 is 5.32 Å². The second kappa shape index (κ2) is 5.77. The van der Waals surface area contributed by atoms with Gasteiger partial charge in [0.2, 0.25) is 5.91 Å². The zero-order valence-corrected chi connectivity index (χ0v) is 13.5. The lowest BCUT2D eigenvalue weighted by molar-refractivity contribution is -0.122. The molecule has 2 aromatic rings. The van der Waals surface area contributed by atoms with E-state index < -0.39 is 9.84 Å². The number of aromatic nitrogens is 2. The van der Waals surface area contributed by atoms with Crippen LogP contribution in [0, 0.1) is 6.92 Å². The summed E-state index contributed by atoms with van der Waals surface area (Å²) in [7, 11) is -3.05. The number of nitrogens with one attached hydrogen (secondary N) is 1. The Morgan fingerprint density at radius 1 is 1.39 bits per heavy atom. The van der Waals surface area contributed by atoms with Crippen molar-refractivity contribution in [1.29, 1.82) is 0 Å². The van der Waals surface area contributed by atoms with Gasteiger partial charge in [0, 0.05) is 6.04 Å². The SMILES string of the molecule is Cc1nc2ccccc2c(=O)n1CC(=O)N[C@H]1CCS(=O)(=O)C1. The minimum Gasteiger partial charge on any atom is -0.351 e. The monoisotopic (exact) mass is 335 g/mol. The van der Waals surface area contributed by atoms with Gasteiger partial charge in [0.05, 0.1) is 22.4 Å². The van der Waals surface area contributed by atoms with Crippen LogP contribution in [0.5, 0.6) is 0 Å². The van der Waals surface area contributed by atoms with Crippen LogP contribution < -0.4 is 10.9 Å². The molecular weight excluding hydrogens is 318 g/mol. The molecule has 0 radical (unpaired) electrons. The van der Waals surface area contributed by atoms with Crippen LogP contribution in [0.1, 0.15) is 12.2 Å². The summed E-state index contributed by atoms with van der Waals surface area (Å²) in [5, 5.41) is 3.13. The van der Waals surface area contributed by atoms with Crippen molar-refractivity contribution in [1.82, 2.24) is 14.9 Å². The summed E-state index contributed by atoms with van der Waals surface area (Å²) in [6, 6.07) is 6.58. The summed E-state index contributed by atoms with van der Waals surface area (Å²) in [5.74, 6) is 0.120. The molecule has 0 unspecified atom stereocenters. The molecule has 1 atom stereocenters. The first-order chi connectivity index (χ1) is 10.9. The van der Waals surface area contributed by atoms with Crippen LogP contribution in [-0.2, 0) is 21.2 Å². The number of benzene rings is 1. The minimum atomic E-state index is -3.05. The number of amides is 1. The first kappa shape index (κ1) is 15.7. The Morgan fingerprint density at radius 2 is 2.13 bits per heavy atom. The number of carbonyl (C=O) groups is 1. The summed E-state index contributed by atoms with van der Waals surface area (Å²) in [6.45, 7) is 1.50. The van der Waals surface area contributed by atoms with Gasteiger partial charge in [-0.1, -0.05) is 12.1 Å². The summed E-state index contributed by atoms with van der Waals surface area (Å²) >= 11 is 0. The average molecular weight is 335 g/mol. The molecule has 0 bridgehead atoms. The quantitative estimate of drug-likeness (QED) is 0.852. The number of rotatable bonds is 3. The predicted octanol–water partition coefficient (Wildman–Crippen LogP) is 0.00822. The van der Waals surface area contributed by atoms with Crippen molar-refractivity contribution in [2.45, 2.75) is 25.9 Å². The van der Waals surface area contributed by atoms with Crippen molar-refractivity contribution in [3.8, 4) is 0 Å². The van der Waals surface area contributed by atoms with Crippen LogP contribution in [0.15, 0.2) is 29.1 Å². The van der Waals surface area contributed by atoms with Crippen molar-refractivity contribution < 1.29 is 13.2 Å². The highest BCUT2D eigenvalue weighted by molar-refractivity contribution is 7.91. The molecule has 0 spiro atoms. The van der Waals surface area contributed by atoms with Crippen molar-refractivity contribution in [3.05, 3.63) is 40.4 Å². The fraction of sp³-hybridized carbons (Fsp3) is 0.400. The molecule has 2 heterocycles. The Balaban J connectivity index is 1.81. The molecule has 1 fully saturated rings. The van der Waals surface area contributed by atoms with E-state index in [-0.39, 0.29) is 35.6 Å². The van der Waals surface area contributed by atoms with Crippen LogP contribution in [0.4, 0.5) is 0 Å². The number of hydrogen-bond donors (Lipinski definition) is 1. The molecule has 1 aliphatic heterocycles. The normalized spacial score (nSPS) is 19.8. The standard InChI is InChI=1S/C15H17N3O4S/c1-10-16-13-5-3-2-4-12(13)15(20)18(10)8-14(19)17-11-6-7-23(21,22)9-11/h2-5,11H,6-9H2,1H3,(H,17,19)/t11-/m0/s1. The van der Waals surface area contributed by atoms with E-state index in [1.807, 2.05) is 0 Å². The fourth-order valence-electron chi connectivity index (χ4n) is 2.79. The molecule has 23 heavy (non-hydrogen) atoms. The summed E-state index contributed by atoms with van der Waals surface area (Å²) < 4.78 is 24.1. The topological polar surface area (TPSA) is 98.1 Å². The Morgan fingerprint density at radius 3 is 2.83 bits per heavy atom. The fourth-order valence-corrected chi connectivity index (χ4v) is 4.46. The van der Waals surface area contributed by atoms with Gasteiger partial charge in [-0.2, -0.15) is 0 Å². The van der Waals surface area contributed by atoms with E-state index in [4.69, 9.17) is 0 Å². The third-order valence-corrected chi connectivity index (χ3v) is 5.72. The van der Waals surface area contributed by atoms with Crippen molar-refractivity contribution >= 4 is 26.6 Å². The number of para-hydroxylation sites is 1. The minimum absolute atomic E-state index is 0.0391. The molecule has 1 aliphatic rings. The zero-order valence-electron chi connectivity index (χ0n) is 12.7. The number of fused-ring (bicyclic) bond motifs is 1. The zero-order chi connectivity index (χ0) is 16.6. The van der Waals surface area contributed by atoms with E-state index in [0.29, 0.717) is 23.1 Å². The maximum Gasteiger partial charge on any atom is 0.261 e. The van der Waals surface area contributed by atoms with Gasteiger partial charge in [-0.25, -0.2) is 13.4 Å². The number of carbonyl (C=O) groups excluding carboxylic acids is 1. The van der Waals surface area contributed by atoms with Gasteiger partial charge in [-0.3, -0.25) is 14.2 Å². The summed E-state index contributed by atoms with van der Waals surface area (Å²) in [5.41, 5.74) is 0.316. The van der Waals surface area contributed by atoms with E-state index in [0.717, 1.165) is 0 Å². The van der Waals surface area contributed by atoms with Gasteiger partial charge in [0.25, 0.3) is 5.56 Å². The molecule has 122 valence electrons. The predicted molar refractivity (Wildman–Crippen MR) is 85.9 cm³/mol. The Hall–Kier alpha value is -2.22. The van der Waals surface area contributed by atoms with Gasteiger partial charge in [0.15, 0.2) is 9.84 Å².